The standard InChI is InChI=1S/C11H17F2N2O15P3/c1-4(28-32(23,24)30-33(25,26)29-31(20,21)22)6-7(16)11(19,3-12)9(27-6)15-2-5(13)8(17)14-10(15)18/h2,4,6-7,9,16,19H,3H2,1H3,(H,23,24)(H,25,26)(H,14,17,18)(H2,20,21,22)/t4-,6-,7?,9-,11-/m1/s1. The number of ether oxygens (including phenoxy) is 1. The molecule has 2 heterocycles. The minimum Gasteiger partial charge on any atom is -0.387 e. The normalized spacial score (nSPS) is 30.5. The summed E-state index contributed by atoms with van der Waals surface area (Å²) in [6.07, 6.45) is -8.26. The fraction of sp³-hybridized carbons (Fsp3) is 0.636. The molecule has 17 nitrogen and oxygen atoms in total. The van der Waals surface area contributed by atoms with Gasteiger partial charge in [-0.1, -0.05) is 0 Å². The molecule has 1 aromatic rings. The van der Waals surface area contributed by atoms with Crippen molar-refractivity contribution >= 4 is 23.5 Å². The molecule has 1 fully saturated rings. The molecule has 1 aliphatic heterocycles. The summed E-state index contributed by atoms with van der Waals surface area (Å²) in [6.45, 7) is -0.992. The van der Waals surface area contributed by atoms with Gasteiger partial charge in [-0.3, -0.25) is 18.9 Å². The molecular formula is C11H17F2N2O15P3. The van der Waals surface area contributed by atoms with Gasteiger partial charge >= 0.3 is 29.2 Å². The molecule has 190 valence electrons. The van der Waals surface area contributed by atoms with Crippen molar-refractivity contribution in [3.8, 4) is 0 Å². The van der Waals surface area contributed by atoms with Gasteiger partial charge in [0.05, 0.1) is 12.3 Å². The monoisotopic (exact) mass is 548 g/mol. The highest BCUT2D eigenvalue weighted by Crippen LogP contribution is 2.66. The predicted octanol–water partition coefficient (Wildman–Crippen LogP) is -1.63. The van der Waals surface area contributed by atoms with Crippen LogP contribution in [-0.4, -0.2) is 69.9 Å². The summed E-state index contributed by atoms with van der Waals surface area (Å²) in [5.74, 6) is -1.56. The van der Waals surface area contributed by atoms with Gasteiger partial charge in [0.2, 0.25) is 5.82 Å². The van der Waals surface area contributed by atoms with E-state index in [1.807, 2.05) is 0 Å². The zero-order valence-corrected chi connectivity index (χ0v) is 18.7. The van der Waals surface area contributed by atoms with Crippen LogP contribution < -0.4 is 11.2 Å². The summed E-state index contributed by atoms with van der Waals surface area (Å²) >= 11 is 0. The van der Waals surface area contributed by atoms with Crippen LogP contribution in [0.15, 0.2) is 15.8 Å². The maximum absolute atomic E-state index is 13.6. The molecule has 0 bridgehead atoms. The van der Waals surface area contributed by atoms with E-state index in [9.17, 15) is 47.2 Å². The average molecular weight is 548 g/mol. The lowest BCUT2D eigenvalue weighted by molar-refractivity contribution is -0.122. The highest BCUT2D eigenvalue weighted by Gasteiger charge is 2.59. The second kappa shape index (κ2) is 9.47. The maximum atomic E-state index is 13.6. The molecule has 1 saturated heterocycles. The number of rotatable bonds is 9. The first-order chi connectivity index (χ1) is 14.8. The summed E-state index contributed by atoms with van der Waals surface area (Å²) in [5.41, 5.74) is -5.85. The van der Waals surface area contributed by atoms with Crippen molar-refractivity contribution in [2.75, 3.05) is 6.67 Å². The second-order valence-corrected chi connectivity index (χ2v) is 10.9. The zero-order chi connectivity index (χ0) is 25.6. The smallest absolute Gasteiger partial charge is 0.387 e. The molecule has 7 atom stereocenters. The van der Waals surface area contributed by atoms with E-state index in [1.54, 1.807) is 0 Å². The van der Waals surface area contributed by atoms with Crippen LogP contribution in [0.2, 0.25) is 0 Å². The van der Waals surface area contributed by atoms with E-state index in [0.29, 0.717) is 0 Å². The molecule has 0 saturated carbocycles. The first kappa shape index (κ1) is 28.1. The van der Waals surface area contributed by atoms with E-state index >= 15 is 0 Å². The molecule has 0 aliphatic carbocycles. The number of aromatic amines is 1. The lowest BCUT2D eigenvalue weighted by Crippen LogP contribution is -2.51. The van der Waals surface area contributed by atoms with E-state index in [4.69, 9.17) is 19.4 Å². The van der Waals surface area contributed by atoms with E-state index in [-0.39, 0.29) is 10.8 Å². The topological polar surface area (TPSA) is 264 Å². The Bertz CT molecular complexity index is 1150. The summed E-state index contributed by atoms with van der Waals surface area (Å²) in [7, 11) is -17.3. The number of phosphoric acid groups is 3. The zero-order valence-electron chi connectivity index (χ0n) is 16.0. The molecule has 0 spiro atoms. The molecule has 1 aliphatic rings. The minimum atomic E-state index is -5.88. The van der Waals surface area contributed by atoms with Crippen molar-refractivity contribution in [1.82, 2.24) is 9.55 Å². The van der Waals surface area contributed by atoms with Gasteiger partial charge < -0.3 is 34.5 Å². The van der Waals surface area contributed by atoms with Crippen LogP contribution in [0, 0.1) is 5.82 Å². The Morgan fingerprint density at radius 3 is 2.30 bits per heavy atom. The van der Waals surface area contributed by atoms with Gasteiger partial charge in [-0.25, -0.2) is 22.9 Å². The van der Waals surface area contributed by atoms with Gasteiger partial charge in [0.25, 0.3) is 5.56 Å². The molecule has 2 rings (SSSR count). The highest BCUT2D eigenvalue weighted by atomic mass is 31.3. The number of aliphatic hydroxyl groups excluding tert-OH is 1. The Labute approximate surface area is 180 Å². The van der Waals surface area contributed by atoms with Crippen LogP contribution >= 0.6 is 23.5 Å². The van der Waals surface area contributed by atoms with Gasteiger partial charge in [-0.2, -0.15) is 13.0 Å². The number of nitrogens with one attached hydrogen (secondary N) is 1. The third-order valence-corrected chi connectivity index (χ3v) is 8.03. The molecule has 33 heavy (non-hydrogen) atoms. The van der Waals surface area contributed by atoms with Crippen LogP contribution in [0.4, 0.5) is 8.78 Å². The van der Waals surface area contributed by atoms with Gasteiger partial charge in [-0.15, -0.1) is 0 Å². The lowest BCUT2D eigenvalue weighted by atomic mass is 9.93. The number of hydrogen-bond acceptors (Lipinski definition) is 11. The van der Waals surface area contributed by atoms with Crippen LogP contribution in [0.1, 0.15) is 13.2 Å². The number of hydrogen-bond donors (Lipinski definition) is 7. The van der Waals surface area contributed by atoms with Gasteiger partial charge in [0.15, 0.2) is 11.8 Å². The lowest BCUT2D eigenvalue weighted by Gasteiger charge is -2.29. The van der Waals surface area contributed by atoms with E-state index < -0.39 is 77.3 Å². The van der Waals surface area contributed by atoms with Gasteiger partial charge in [0, 0.05) is 0 Å². The summed E-state index contributed by atoms with van der Waals surface area (Å²) in [4.78, 5) is 60.3. The van der Waals surface area contributed by atoms with E-state index in [1.165, 1.54) is 4.98 Å². The fourth-order valence-electron chi connectivity index (χ4n) is 2.79. The average Bonchev–Trinajstić information content (AvgIpc) is 2.87. The van der Waals surface area contributed by atoms with Crippen LogP contribution in [-0.2, 0) is 31.6 Å². The molecule has 22 heteroatoms. The van der Waals surface area contributed by atoms with Crippen LogP contribution in [0.25, 0.3) is 0 Å². The Morgan fingerprint density at radius 1 is 1.21 bits per heavy atom. The number of H-pyrrole nitrogens is 1. The second-order valence-electron chi connectivity index (χ2n) is 6.57. The van der Waals surface area contributed by atoms with Crippen LogP contribution in [0.5, 0.6) is 0 Å². The number of halogens is 2. The summed E-state index contributed by atoms with van der Waals surface area (Å²) in [6, 6.07) is 0. The maximum Gasteiger partial charge on any atom is 0.490 e. The van der Waals surface area contributed by atoms with Gasteiger partial charge in [-0.05, 0) is 6.92 Å². The molecule has 0 amide bonds. The van der Waals surface area contributed by atoms with Gasteiger partial charge in [0.1, 0.15) is 18.9 Å². The predicted molar refractivity (Wildman–Crippen MR) is 96.5 cm³/mol. The quantitative estimate of drug-likeness (QED) is 0.171. The van der Waals surface area contributed by atoms with Crippen molar-refractivity contribution in [1.29, 1.82) is 0 Å². The fourth-order valence-corrected chi connectivity index (χ4v) is 5.99. The summed E-state index contributed by atoms with van der Waals surface area (Å²) in [5, 5.41) is 20.8. The summed E-state index contributed by atoms with van der Waals surface area (Å²) < 4.78 is 77.9. The Hall–Kier alpha value is -1.17. The van der Waals surface area contributed by atoms with Crippen molar-refractivity contribution < 1.29 is 70.1 Å². The number of aromatic nitrogens is 2. The number of phosphoric ester groups is 1. The SMILES string of the molecule is C[C@@H](OP(=O)(O)OP(=O)(O)OP(=O)(O)O)[C@H]1O[C@@H](n2cc(F)c(=O)[nH]c2=O)[C@@](O)(CF)C1O. The Morgan fingerprint density at radius 2 is 1.79 bits per heavy atom. The third-order valence-electron chi connectivity index (χ3n) is 4.11. The third kappa shape index (κ3) is 6.49. The van der Waals surface area contributed by atoms with Crippen molar-refractivity contribution in [3.63, 3.8) is 0 Å². The number of nitrogens with zero attached hydrogens (tertiary/aromatic N) is 1. The van der Waals surface area contributed by atoms with Crippen molar-refractivity contribution in [2.24, 2.45) is 0 Å². The first-order valence-corrected chi connectivity index (χ1v) is 12.8. The molecule has 7 N–H and O–H groups in total. The molecule has 3 unspecified atom stereocenters. The Kier molecular flexibility index (Phi) is 8.05. The number of aliphatic hydroxyl groups is 2. The molecule has 1 aromatic heterocycles. The largest absolute Gasteiger partial charge is 0.490 e. The van der Waals surface area contributed by atoms with Crippen LogP contribution in [0.3, 0.4) is 0 Å². The Balaban J connectivity index is 2.30. The van der Waals surface area contributed by atoms with Crippen molar-refractivity contribution in [2.45, 2.75) is 37.1 Å². The van der Waals surface area contributed by atoms with Crippen molar-refractivity contribution in [3.05, 3.63) is 32.9 Å². The van der Waals surface area contributed by atoms with E-state index in [0.717, 1.165) is 6.92 Å². The minimum absolute atomic E-state index is 0.178. The number of alkyl halides is 1. The van der Waals surface area contributed by atoms with E-state index in [2.05, 4.69) is 13.1 Å². The molecule has 0 radical (unpaired) electrons. The molecule has 0 aromatic carbocycles. The first-order valence-electron chi connectivity index (χ1n) is 8.27. The highest BCUT2D eigenvalue weighted by molar-refractivity contribution is 7.66. The molecular weight excluding hydrogens is 531 g/mol.